The van der Waals surface area contributed by atoms with Crippen molar-refractivity contribution in [1.82, 2.24) is 4.90 Å². The molecule has 0 N–H and O–H groups in total. The largest absolute Gasteiger partial charge is 0.339 e. The van der Waals surface area contributed by atoms with E-state index in [-0.39, 0.29) is 24.1 Å². The van der Waals surface area contributed by atoms with Crippen molar-refractivity contribution in [1.29, 1.82) is 0 Å². The normalized spacial score (nSPS) is 14.2. The molecule has 0 radical (unpaired) electrons. The second kappa shape index (κ2) is 4.42. The fourth-order valence-electron chi connectivity index (χ4n) is 1.29. The molecule has 1 aliphatic rings. The lowest BCUT2D eigenvalue weighted by molar-refractivity contribution is 0.0652. The van der Waals surface area contributed by atoms with E-state index in [1.54, 1.807) is 4.90 Å². The van der Waals surface area contributed by atoms with Crippen LogP contribution in [0.1, 0.15) is 16.8 Å². The predicted octanol–water partition coefficient (Wildman–Crippen LogP) is 2.09. The SMILES string of the molecule is Cl.O=C(c1ccc(F)cc1)N1CCC1. The predicted molar refractivity (Wildman–Crippen MR) is 54.2 cm³/mol. The molecule has 1 aromatic rings. The lowest BCUT2D eigenvalue weighted by Gasteiger charge is -2.30. The van der Waals surface area contributed by atoms with Gasteiger partial charge in [0.1, 0.15) is 5.82 Å². The maximum atomic E-state index is 12.5. The summed E-state index contributed by atoms with van der Waals surface area (Å²) in [6, 6.07) is 5.67. The van der Waals surface area contributed by atoms with Crippen molar-refractivity contribution >= 4 is 18.3 Å². The molecule has 4 heteroatoms. The van der Waals surface area contributed by atoms with E-state index in [4.69, 9.17) is 0 Å². The Balaban J connectivity index is 0.000000980. The number of carbonyl (C=O) groups excluding carboxylic acids is 1. The van der Waals surface area contributed by atoms with E-state index in [0.29, 0.717) is 5.56 Å². The number of carbonyl (C=O) groups is 1. The zero-order chi connectivity index (χ0) is 9.26. The van der Waals surface area contributed by atoms with Crippen molar-refractivity contribution < 1.29 is 9.18 Å². The highest BCUT2D eigenvalue weighted by atomic mass is 35.5. The summed E-state index contributed by atoms with van der Waals surface area (Å²) in [6.07, 6.45) is 1.08. The smallest absolute Gasteiger partial charge is 0.253 e. The molecular weight excluding hydrogens is 205 g/mol. The van der Waals surface area contributed by atoms with Crippen LogP contribution in [0, 0.1) is 5.82 Å². The molecule has 2 rings (SSSR count). The maximum absolute atomic E-state index is 12.5. The highest BCUT2D eigenvalue weighted by molar-refractivity contribution is 5.94. The third-order valence-electron chi connectivity index (χ3n) is 2.23. The third kappa shape index (κ3) is 2.04. The van der Waals surface area contributed by atoms with Crippen LogP contribution < -0.4 is 0 Å². The first-order valence-electron chi connectivity index (χ1n) is 4.32. The molecule has 1 aliphatic heterocycles. The number of hydrogen-bond donors (Lipinski definition) is 0. The van der Waals surface area contributed by atoms with Gasteiger partial charge in [-0.25, -0.2) is 4.39 Å². The van der Waals surface area contributed by atoms with Gasteiger partial charge in [0.25, 0.3) is 5.91 Å². The highest BCUT2D eigenvalue weighted by Crippen LogP contribution is 2.12. The number of nitrogens with zero attached hydrogens (tertiary/aromatic N) is 1. The van der Waals surface area contributed by atoms with E-state index in [2.05, 4.69) is 0 Å². The van der Waals surface area contributed by atoms with E-state index in [1.807, 2.05) is 0 Å². The molecular formula is C10H11ClFNO. The van der Waals surface area contributed by atoms with Crippen molar-refractivity contribution in [3.8, 4) is 0 Å². The van der Waals surface area contributed by atoms with E-state index in [0.717, 1.165) is 19.5 Å². The first-order valence-corrected chi connectivity index (χ1v) is 4.32. The van der Waals surface area contributed by atoms with Crippen molar-refractivity contribution in [2.24, 2.45) is 0 Å². The molecule has 2 nitrogen and oxygen atoms in total. The zero-order valence-electron chi connectivity index (χ0n) is 7.57. The van der Waals surface area contributed by atoms with Gasteiger partial charge in [0.15, 0.2) is 0 Å². The summed E-state index contributed by atoms with van der Waals surface area (Å²) in [4.78, 5) is 13.3. The number of likely N-dealkylation sites (tertiary alicyclic amines) is 1. The van der Waals surface area contributed by atoms with Crippen LogP contribution in [0.3, 0.4) is 0 Å². The van der Waals surface area contributed by atoms with E-state index in [1.165, 1.54) is 24.3 Å². The van der Waals surface area contributed by atoms with Crippen molar-refractivity contribution in [3.05, 3.63) is 35.6 Å². The average Bonchev–Trinajstić information content (AvgIpc) is 2.02. The van der Waals surface area contributed by atoms with Gasteiger partial charge in [0.05, 0.1) is 0 Å². The molecule has 0 bridgehead atoms. The Labute approximate surface area is 88.1 Å². The molecule has 1 heterocycles. The minimum absolute atomic E-state index is 0. The van der Waals surface area contributed by atoms with Crippen LogP contribution in [-0.4, -0.2) is 23.9 Å². The minimum Gasteiger partial charge on any atom is -0.339 e. The van der Waals surface area contributed by atoms with Crippen LogP contribution >= 0.6 is 12.4 Å². The molecule has 0 unspecified atom stereocenters. The summed E-state index contributed by atoms with van der Waals surface area (Å²) in [7, 11) is 0. The summed E-state index contributed by atoms with van der Waals surface area (Å²) in [5, 5.41) is 0. The van der Waals surface area contributed by atoms with Crippen LogP contribution in [0.25, 0.3) is 0 Å². The second-order valence-electron chi connectivity index (χ2n) is 3.15. The highest BCUT2D eigenvalue weighted by Gasteiger charge is 2.20. The van der Waals surface area contributed by atoms with E-state index >= 15 is 0 Å². The average molecular weight is 216 g/mol. The fraction of sp³-hybridized carbons (Fsp3) is 0.300. The van der Waals surface area contributed by atoms with Gasteiger partial charge in [0, 0.05) is 18.7 Å². The number of amides is 1. The Morgan fingerprint density at radius 2 is 1.79 bits per heavy atom. The van der Waals surface area contributed by atoms with E-state index < -0.39 is 0 Å². The van der Waals surface area contributed by atoms with Gasteiger partial charge in [-0.3, -0.25) is 4.79 Å². The monoisotopic (exact) mass is 215 g/mol. The fourth-order valence-corrected chi connectivity index (χ4v) is 1.29. The summed E-state index contributed by atoms with van der Waals surface area (Å²) >= 11 is 0. The molecule has 0 aliphatic carbocycles. The molecule has 1 amide bonds. The van der Waals surface area contributed by atoms with Crippen LogP contribution in [0.4, 0.5) is 4.39 Å². The topological polar surface area (TPSA) is 20.3 Å². The molecule has 0 saturated carbocycles. The molecule has 14 heavy (non-hydrogen) atoms. The molecule has 0 spiro atoms. The molecule has 0 atom stereocenters. The summed E-state index contributed by atoms with van der Waals surface area (Å²) in [6.45, 7) is 1.66. The number of benzene rings is 1. The Morgan fingerprint density at radius 3 is 2.21 bits per heavy atom. The van der Waals surface area contributed by atoms with Crippen LogP contribution in [-0.2, 0) is 0 Å². The van der Waals surface area contributed by atoms with Crippen molar-refractivity contribution in [2.45, 2.75) is 6.42 Å². The Bertz CT molecular complexity index is 321. The Kier molecular flexibility index (Phi) is 3.47. The van der Waals surface area contributed by atoms with Gasteiger partial charge in [-0.1, -0.05) is 0 Å². The Hall–Kier alpha value is -1.09. The van der Waals surface area contributed by atoms with Gasteiger partial charge in [-0.2, -0.15) is 0 Å². The number of halogens is 2. The van der Waals surface area contributed by atoms with E-state index in [9.17, 15) is 9.18 Å². The quantitative estimate of drug-likeness (QED) is 0.703. The van der Waals surface area contributed by atoms with Gasteiger partial charge < -0.3 is 4.90 Å². The lowest BCUT2D eigenvalue weighted by atomic mass is 10.1. The summed E-state index contributed by atoms with van der Waals surface area (Å²) < 4.78 is 12.5. The molecule has 0 aromatic heterocycles. The van der Waals surface area contributed by atoms with Crippen LogP contribution in [0.5, 0.6) is 0 Å². The molecule has 1 saturated heterocycles. The zero-order valence-corrected chi connectivity index (χ0v) is 8.39. The molecule has 1 aromatic carbocycles. The standard InChI is InChI=1S/C10H10FNO.ClH/c11-9-4-2-8(3-5-9)10(13)12-6-1-7-12;/h2-5H,1,6-7H2;1H. The molecule has 1 fully saturated rings. The summed E-state index contributed by atoms with van der Waals surface area (Å²) in [5.74, 6) is -0.300. The second-order valence-corrected chi connectivity index (χ2v) is 3.15. The number of hydrogen-bond acceptors (Lipinski definition) is 1. The first kappa shape index (κ1) is 11.0. The first-order chi connectivity index (χ1) is 6.27. The van der Waals surface area contributed by atoms with Gasteiger partial charge >= 0.3 is 0 Å². The van der Waals surface area contributed by atoms with Gasteiger partial charge in [-0.15, -0.1) is 12.4 Å². The van der Waals surface area contributed by atoms with Crippen molar-refractivity contribution in [3.63, 3.8) is 0 Å². The summed E-state index contributed by atoms with van der Waals surface area (Å²) in [5.41, 5.74) is 0.570. The Morgan fingerprint density at radius 1 is 1.21 bits per heavy atom. The lowest BCUT2D eigenvalue weighted by Crippen LogP contribution is -2.41. The molecule has 76 valence electrons. The van der Waals surface area contributed by atoms with Gasteiger partial charge in [0.2, 0.25) is 0 Å². The van der Waals surface area contributed by atoms with Gasteiger partial charge in [-0.05, 0) is 30.7 Å². The minimum atomic E-state index is -0.305. The number of rotatable bonds is 1. The van der Waals surface area contributed by atoms with Crippen LogP contribution in [0.15, 0.2) is 24.3 Å². The maximum Gasteiger partial charge on any atom is 0.253 e. The van der Waals surface area contributed by atoms with Crippen LogP contribution in [0.2, 0.25) is 0 Å². The third-order valence-corrected chi connectivity index (χ3v) is 2.23. The van der Waals surface area contributed by atoms with Crippen molar-refractivity contribution in [2.75, 3.05) is 13.1 Å².